The van der Waals surface area contributed by atoms with E-state index in [4.69, 9.17) is 0 Å². The van der Waals surface area contributed by atoms with Crippen LogP contribution in [0.1, 0.15) is 23.0 Å². The molecule has 0 aliphatic rings. The summed E-state index contributed by atoms with van der Waals surface area (Å²) in [4.78, 5) is 14.2. The van der Waals surface area contributed by atoms with Crippen LogP contribution in [0.5, 0.6) is 0 Å². The molecule has 0 saturated carbocycles. The molecule has 5 nitrogen and oxygen atoms in total. The van der Waals surface area contributed by atoms with Gasteiger partial charge in [-0.15, -0.1) is 0 Å². The van der Waals surface area contributed by atoms with Gasteiger partial charge in [0.2, 0.25) is 5.91 Å². The molecule has 0 aliphatic heterocycles. The number of amides is 1. The fourth-order valence-electron chi connectivity index (χ4n) is 2.30. The minimum absolute atomic E-state index is 0.0109. The molecular weight excluding hydrogens is 284 g/mol. The van der Waals surface area contributed by atoms with Gasteiger partial charge in [0.15, 0.2) is 0 Å². The predicted octanol–water partition coefficient (Wildman–Crippen LogP) is 1.98. The van der Waals surface area contributed by atoms with Crippen molar-refractivity contribution in [2.24, 2.45) is 0 Å². The third-order valence-electron chi connectivity index (χ3n) is 3.44. The topological polar surface area (TPSA) is 50.2 Å². The van der Waals surface area contributed by atoms with Gasteiger partial charge in [-0.2, -0.15) is 16.4 Å². The zero-order valence-electron chi connectivity index (χ0n) is 13.0. The lowest BCUT2D eigenvalue weighted by atomic mass is 10.1. The molecule has 0 radical (unpaired) electrons. The van der Waals surface area contributed by atoms with Crippen LogP contribution in [0.15, 0.2) is 22.9 Å². The van der Waals surface area contributed by atoms with Gasteiger partial charge in [0.05, 0.1) is 11.7 Å². The summed E-state index contributed by atoms with van der Waals surface area (Å²) in [6.07, 6.45) is 0. The monoisotopic (exact) mass is 306 g/mol. The van der Waals surface area contributed by atoms with E-state index in [2.05, 4.69) is 32.1 Å². The van der Waals surface area contributed by atoms with Crippen molar-refractivity contribution in [3.05, 3.63) is 39.8 Å². The molecule has 21 heavy (non-hydrogen) atoms. The van der Waals surface area contributed by atoms with E-state index in [9.17, 15) is 4.79 Å². The van der Waals surface area contributed by atoms with Gasteiger partial charge in [-0.05, 0) is 56.4 Å². The summed E-state index contributed by atoms with van der Waals surface area (Å²) in [5, 5.41) is 11.5. The number of aromatic nitrogens is 2. The van der Waals surface area contributed by atoms with Crippen LogP contribution in [-0.4, -0.2) is 41.2 Å². The molecule has 1 amide bonds. The molecular formula is C15H22N4OS. The Labute approximate surface area is 129 Å². The summed E-state index contributed by atoms with van der Waals surface area (Å²) in [5.41, 5.74) is 3.17. The van der Waals surface area contributed by atoms with Crippen LogP contribution in [0.3, 0.4) is 0 Å². The Morgan fingerprint density at radius 1 is 1.48 bits per heavy atom. The summed E-state index contributed by atoms with van der Waals surface area (Å²) in [6.45, 7) is 4.76. The van der Waals surface area contributed by atoms with Crippen LogP contribution in [0.25, 0.3) is 0 Å². The van der Waals surface area contributed by atoms with E-state index in [1.165, 1.54) is 5.56 Å². The molecule has 2 heterocycles. The largest absolute Gasteiger partial charge is 0.353 e. The zero-order valence-corrected chi connectivity index (χ0v) is 13.8. The van der Waals surface area contributed by atoms with E-state index in [0.29, 0.717) is 6.54 Å². The van der Waals surface area contributed by atoms with Gasteiger partial charge in [-0.3, -0.25) is 9.48 Å². The third kappa shape index (κ3) is 4.15. The minimum atomic E-state index is -0.0109. The molecule has 114 valence electrons. The standard InChI is InChI=1S/C15H22N4OS/c1-11-7-12(2)19(17-11)9-15(20)16-8-14(18(3)4)13-5-6-21-10-13/h5-7,10,14H,8-9H2,1-4H3,(H,16,20). The van der Waals surface area contributed by atoms with E-state index in [0.717, 1.165) is 11.4 Å². The minimum Gasteiger partial charge on any atom is -0.353 e. The first-order valence-electron chi connectivity index (χ1n) is 6.93. The molecule has 1 atom stereocenters. The first-order valence-corrected chi connectivity index (χ1v) is 7.88. The lowest BCUT2D eigenvalue weighted by molar-refractivity contribution is -0.122. The van der Waals surface area contributed by atoms with Crippen molar-refractivity contribution < 1.29 is 4.79 Å². The maximum atomic E-state index is 12.1. The Morgan fingerprint density at radius 3 is 2.76 bits per heavy atom. The molecule has 6 heteroatoms. The molecule has 0 aromatic carbocycles. The van der Waals surface area contributed by atoms with Crippen molar-refractivity contribution in [2.75, 3.05) is 20.6 Å². The van der Waals surface area contributed by atoms with E-state index in [-0.39, 0.29) is 18.5 Å². The van der Waals surface area contributed by atoms with Crippen LogP contribution < -0.4 is 5.32 Å². The van der Waals surface area contributed by atoms with Crippen molar-refractivity contribution in [1.29, 1.82) is 0 Å². The van der Waals surface area contributed by atoms with E-state index < -0.39 is 0 Å². The average Bonchev–Trinajstić information content (AvgIpc) is 3.00. The summed E-state index contributed by atoms with van der Waals surface area (Å²) in [7, 11) is 4.05. The van der Waals surface area contributed by atoms with E-state index in [1.54, 1.807) is 16.0 Å². The Balaban J connectivity index is 1.92. The lowest BCUT2D eigenvalue weighted by Crippen LogP contribution is -2.36. The number of nitrogens with zero attached hydrogens (tertiary/aromatic N) is 3. The lowest BCUT2D eigenvalue weighted by Gasteiger charge is -2.24. The number of aryl methyl sites for hydroxylation is 2. The number of rotatable bonds is 6. The van der Waals surface area contributed by atoms with Gasteiger partial charge in [-0.25, -0.2) is 0 Å². The molecule has 2 rings (SSSR count). The van der Waals surface area contributed by atoms with Gasteiger partial charge in [0.25, 0.3) is 0 Å². The SMILES string of the molecule is Cc1cc(C)n(CC(=O)NCC(c2ccsc2)N(C)C)n1. The first kappa shape index (κ1) is 15.7. The molecule has 2 aromatic rings. The summed E-state index contributed by atoms with van der Waals surface area (Å²) in [5.74, 6) is -0.0109. The summed E-state index contributed by atoms with van der Waals surface area (Å²) in [6, 6.07) is 4.27. The average molecular weight is 306 g/mol. The van der Waals surface area contributed by atoms with Gasteiger partial charge in [0.1, 0.15) is 6.54 Å². The number of thiophene rings is 1. The summed E-state index contributed by atoms with van der Waals surface area (Å²) < 4.78 is 1.74. The molecule has 0 bridgehead atoms. The second kappa shape index (κ2) is 6.87. The number of nitrogens with one attached hydrogen (secondary N) is 1. The summed E-state index contributed by atoms with van der Waals surface area (Å²) >= 11 is 1.67. The van der Waals surface area contributed by atoms with Crippen molar-refractivity contribution in [3.63, 3.8) is 0 Å². The quantitative estimate of drug-likeness (QED) is 0.888. The van der Waals surface area contributed by atoms with E-state index >= 15 is 0 Å². The van der Waals surface area contributed by atoms with Crippen molar-refractivity contribution >= 4 is 17.2 Å². The smallest absolute Gasteiger partial charge is 0.241 e. The van der Waals surface area contributed by atoms with Gasteiger partial charge >= 0.3 is 0 Å². The number of hydrogen-bond donors (Lipinski definition) is 1. The van der Waals surface area contributed by atoms with Crippen LogP contribution in [0, 0.1) is 13.8 Å². The van der Waals surface area contributed by atoms with Gasteiger partial charge in [0, 0.05) is 12.2 Å². The molecule has 0 fully saturated rings. The second-order valence-corrected chi connectivity index (χ2v) is 6.20. The first-order chi connectivity index (χ1) is 9.97. The molecule has 1 unspecified atom stereocenters. The Bertz CT molecular complexity index is 589. The van der Waals surface area contributed by atoms with Crippen molar-refractivity contribution in [1.82, 2.24) is 20.0 Å². The highest BCUT2D eigenvalue weighted by Crippen LogP contribution is 2.19. The maximum absolute atomic E-state index is 12.1. The highest BCUT2D eigenvalue weighted by molar-refractivity contribution is 7.07. The Hall–Kier alpha value is -1.66. The number of likely N-dealkylation sites (N-methyl/N-ethyl adjacent to an activating group) is 1. The number of hydrogen-bond acceptors (Lipinski definition) is 4. The number of carbonyl (C=O) groups excluding carboxylic acids is 1. The highest BCUT2D eigenvalue weighted by Gasteiger charge is 2.16. The highest BCUT2D eigenvalue weighted by atomic mass is 32.1. The normalized spacial score (nSPS) is 12.6. The fraction of sp³-hybridized carbons (Fsp3) is 0.467. The van der Waals surface area contributed by atoms with Crippen molar-refractivity contribution in [3.8, 4) is 0 Å². The predicted molar refractivity (Wildman–Crippen MR) is 85.5 cm³/mol. The number of carbonyl (C=O) groups is 1. The van der Waals surface area contributed by atoms with E-state index in [1.807, 2.05) is 34.0 Å². The molecule has 0 aliphatic carbocycles. The third-order valence-corrected chi connectivity index (χ3v) is 4.14. The fourth-order valence-corrected chi connectivity index (χ4v) is 3.01. The van der Waals surface area contributed by atoms with Crippen LogP contribution in [-0.2, 0) is 11.3 Å². The maximum Gasteiger partial charge on any atom is 0.241 e. The van der Waals surface area contributed by atoms with Gasteiger partial charge < -0.3 is 10.2 Å². The Kier molecular flexibility index (Phi) is 5.14. The molecule has 2 aromatic heterocycles. The van der Waals surface area contributed by atoms with Crippen LogP contribution in [0.4, 0.5) is 0 Å². The Morgan fingerprint density at radius 2 is 2.24 bits per heavy atom. The van der Waals surface area contributed by atoms with Crippen LogP contribution >= 0.6 is 11.3 Å². The molecule has 1 N–H and O–H groups in total. The second-order valence-electron chi connectivity index (χ2n) is 5.42. The zero-order chi connectivity index (χ0) is 15.4. The van der Waals surface area contributed by atoms with Crippen molar-refractivity contribution in [2.45, 2.75) is 26.4 Å². The van der Waals surface area contributed by atoms with Gasteiger partial charge in [-0.1, -0.05) is 0 Å². The van der Waals surface area contributed by atoms with Crippen LogP contribution in [0.2, 0.25) is 0 Å². The molecule has 0 saturated heterocycles. The molecule has 0 spiro atoms.